The summed E-state index contributed by atoms with van der Waals surface area (Å²) in [7, 11) is 0. The molecule has 8 heteroatoms. The van der Waals surface area contributed by atoms with Crippen LogP contribution in [0.1, 0.15) is 28.1 Å². The van der Waals surface area contributed by atoms with E-state index in [-0.39, 0.29) is 17.3 Å². The number of benzene rings is 2. The Kier molecular flexibility index (Phi) is 6.69. The molecule has 1 fully saturated rings. The number of rotatable bonds is 8. The van der Waals surface area contributed by atoms with Crippen LogP contribution in [-0.2, 0) is 13.1 Å². The predicted molar refractivity (Wildman–Crippen MR) is 137 cm³/mol. The summed E-state index contributed by atoms with van der Waals surface area (Å²) in [6.45, 7) is 4.17. The third-order valence-corrected chi connectivity index (χ3v) is 6.98. The second kappa shape index (κ2) is 10.2. The smallest absolute Gasteiger partial charge is 0.294 e. The predicted octanol–water partition coefficient (Wildman–Crippen LogP) is 4.23. The standard InChI is InChI=1S/C26H27N5O2S/c32-25(27-18-21-6-5-17-34-21)19-9-11-20(12-10-19)28-24-26(33)31(16-15-30-13-3-4-14-30)23-8-2-1-7-22(23)29-24/h1-2,5-12,17H,3-4,13-16,18H2,(H,27,32)(H,28,29). The van der Waals surface area contributed by atoms with Crippen LogP contribution in [0.3, 0.4) is 0 Å². The molecule has 34 heavy (non-hydrogen) atoms. The highest BCUT2D eigenvalue weighted by Crippen LogP contribution is 2.18. The summed E-state index contributed by atoms with van der Waals surface area (Å²) in [6, 6.07) is 18.8. The van der Waals surface area contributed by atoms with Crippen LogP contribution in [0.15, 0.2) is 70.8 Å². The van der Waals surface area contributed by atoms with Crippen LogP contribution in [-0.4, -0.2) is 40.0 Å². The first-order chi connectivity index (χ1) is 16.7. The van der Waals surface area contributed by atoms with Gasteiger partial charge in [0.05, 0.1) is 17.6 Å². The third-order valence-electron chi connectivity index (χ3n) is 6.10. The highest BCUT2D eigenvalue weighted by atomic mass is 32.1. The molecule has 0 saturated carbocycles. The Morgan fingerprint density at radius 2 is 1.76 bits per heavy atom. The molecule has 2 aromatic heterocycles. The molecule has 0 spiro atoms. The molecule has 0 radical (unpaired) electrons. The number of amides is 1. The summed E-state index contributed by atoms with van der Waals surface area (Å²) in [4.78, 5) is 33.9. The van der Waals surface area contributed by atoms with E-state index in [0.29, 0.717) is 24.3 Å². The van der Waals surface area contributed by atoms with Gasteiger partial charge in [-0.25, -0.2) is 4.98 Å². The molecule has 2 aromatic carbocycles. The number of fused-ring (bicyclic) bond motifs is 1. The first-order valence-corrected chi connectivity index (χ1v) is 12.4. The van der Waals surface area contributed by atoms with E-state index >= 15 is 0 Å². The van der Waals surface area contributed by atoms with Crippen molar-refractivity contribution in [3.05, 3.63) is 86.8 Å². The number of nitrogens with zero attached hydrogens (tertiary/aromatic N) is 3. The van der Waals surface area contributed by atoms with Gasteiger partial charge in [-0.2, -0.15) is 0 Å². The first kappa shape index (κ1) is 22.3. The molecule has 2 N–H and O–H groups in total. The lowest BCUT2D eigenvalue weighted by atomic mass is 10.2. The van der Waals surface area contributed by atoms with Crippen molar-refractivity contribution in [2.45, 2.75) is 25.9 Å². The SMILES string of the molecule is O=C(NCc1cccs1)c1ccc(Nc2nc3ccccc3n(CCN3CCCC3)c2=O)cc1. The van der Waals surface area contributed by atoms with Crippen LogP contribution in [0.2, 0.25) is 0 Å². The highest BCUT2D eigenvalue weighted by molar-refractivity contribution is 7.09. The average molecular weight is 474 g/mol. The van der Waals surface area contributed by atoms with Crippen molar-refractivity contribution in [1.82, 2.24) is 19.8 Å². The molecule has 1 saturated heterocycles. The van der Waals surface area contributed by atoms with Gasteiger partial charge in [-0.1, -0.05) is 18.2 Å². The largest absolute Gasteiger partial charge is 0.347 e. The minimum Gasteiger partial charge on any atom is -0.347 e. The highest BCUT2D eigenvalue weighted by Gasteiger charge is 2.15. The van der Waals surface area contributed by atoms with E-state index in [4.69, 9.17) is 0 Å². The van der Waals surface area contributed by atoms with E-state index in [1.54, 1.807) is 35.6 Å². The first-order valence-electron chi connectivity index (χ1n) is 11.6. The Morgan fingerprint density at radius 3 is 2.53 bits per heavy atom. The fourth-order valence-electron chi connectivity index (χ4n) is 4.27. The topological polar surface area (TPSA) is 79.3 Å². The lowest BCUT2D eigenvalue weighted by molar-refractivity contribution is 0.0951. The van der Waals surface area contributed by atoms with Gasteiger partial charge in [0.15, 0.2) is 5.82 Å². The van der Waals surface area contributed by atoms with Gasteiger partial charge in [-0.15, -0.1) is 11.3 Å². The molecule has 1 amide bonds. The summed E-state index contributed by atoms with van der Waals surface area (Å²) in [5.74, 6) is 0.156. The van der Waals surface area contributed by atoms with Crippen LogP contribution < -0.4 is 16.2 Å². The van der Waals surface area contributed by atoms with Gasteiger partial charge in [0.2, 0.25) is 0 Å². The summed E-state index contributed by atoms with van der Waals surface area (Å²) in [5.41, 5.74) is 2.75. The molecule has 174 valence electrons. The zero-order chi connectivity index (χ0) is 23.3. The van der Waals surface area contributed by atoms with Crippen molar-refractivity contribution in [3.63, 3.8) is 0 Å². The number of nitrogens with one attached hydrogen (secondary N) is 2. The lowest BCUT2D eigenvalue weighted by Crippen LogP contribution is -2.31. The lowest BCUT2D eigenvalue weighted by Gasteiger charge is -2.18. The van der Waals surface area contributed by atoms with E-state index in [1.807, 2.05) is 46.3 Å². The van der Waals surface area contributed by atoms with E-state index in [1.165, 1.54) is 12.8 Å². The third kappa shape index (κ3) is 5.03. The van der Waals surface area contributed by atoms with Gasteiger partial charge in [0.25, 0.3) is 11.5 Å². The summed E-state index contributed by atoms with van der Waals surface area (Å²) < 4.78 is 1.81. The number of hydrogen-bond acceptors (Lipinski definition) is 6. The Morgan fingerprint density at radius 1 is 0.971 bits per heavy atom. The van der Waals surface area contributed by atoms with Gasteiger partial charge in [0.1, 0.15) is 0 Å². The molecule has 7 nitrogen and oxygen atoms in total. The number of likely N-dealkylation sites (tertiary alicyclic amines) is 1. The molecule has 1 aliphatic heterocycles. The molecule has 3 heterocycles. The van der Waals surface area contributed by atoms with E-state index in [9.17, 15) is 9.59 Å². The number of thiophene rings is 1. The summed E-state index contributed by atoms with van der Waals surface area (Å²) in [6.07, 6.45) is 2.45. The number of hydrogen-bond donors (Lipinski definition) is 2. The number of carbonyl (C=O) groups excluding carboxylic acids is 1. The molecular weight excluding hydrogens is 446 g/mol. The van der Waals surface area contributed by atoms with Crippen LogP contribution in [0.25, 0.3) is 11.0 Å². The van der Waals surface area contributed by atoms with Crippen LogP contribution in [0, 0.1) is 0 Å². The maximum atomic E-state index is 13.3. The molecular formula is C26H27N5O2S. The van der Waals surface area contributed by atoms with Gasteiger partial charge < -0.3 is 20.1 Å². The van der Waals surface area contributed by atoms with Crippen LogP contribution in [0.5, 0.6) is 0 Å². The summed E-state index contributed by atoms with van der Waals surface area (Å²) >= 11 is 1.61. The van der Waals surface area contributed by atoms with Crippen molar-refractivity contribution in [2.75, 3.05) is 25.0 Å². The van der Waals surface area contributed by atoms with E-state index < -0.39 is 0 Å². The van der Waals surface area contributed by atoms with Gasteiger partial charge >= 0.3 is 0 Å². The number of para-hydroxylation sites is 2. The van der Waals surface area contributed by atoms with Crippen LogP contribution in [0.4, 0.5) is 11.5 Å². The second-order valence-electron chi connectivity index (χ2n) is 8.42. The van der Waals surface area contributed by atoms with Crippen molar-refractivity contribution in [1.29, 1.82) is 0 Å². The Hall–Kier alpha value is -3.49. The molecule has 0 atom stereocenters. The minimum absolute atomic E-state index is 0.131. The fourth-order valence-corrected chi connectivity index (χ4v) is 4.91. The zero-order valence-electron chi connectivity index (χ0n) is 18.9. The van der Waals surface area contributed by atoms with E-state index in [0.717, 1.165) is 35.5 Å². The minimum atomic E-state index is -0.143. The monoisotopic (exact) mass is 473 g/mol. The molecule has 0 aliphatic carbocycles. The number of anilines is 2. The van der Waals surface area contributed by atoms with Crippen LogP contribution >= 0.6 is 11.3 Å². The quantitative estimate of drug-likeness (QED) is 0.400. The fraction of sp³-hybridized carbons (Fsp3) is 0.269. The van der Waals surface area contributed by atoms with Crippen molar-refractivity contribution in [2.24, 2.45) is 0 Å². The summed E-state index contributed by atoms with van der Waals surface area (Å²) in [5, 5.41) is 8.08. The maximum absolute atomic E-state index is 13.3. The van der Waals surface area contributed by atoms with Crippen molar-refractivity contribution in [3.8, 4) is 0 Å². The average Bonchev–Trinajstić information content (AvgIpc) is 3.58. The molecule has 1 aliphatic rings. The molecule has 0 bridgehead atoms. The number of aromatic nitrogens is 2. The normalized spacial score (nSPS) is 13.9. The maximum Gasteiger partial charge on any atom is 0.294 e. The Labute approximate surface area is 202 Å². The Balaban J connectivity index is 1.33. The second-order valence-corrected chi connectivity index (χ2v) is 9.45. The molecule has 4 aromatic rings. The molecule has 5 rings (SSSR count). The zero-order valence-corrected chi connectivity index (χ0v) is 19.7. The van der Waals surface area contributed by atoms with Crippen molar-refractivity contribution < 1.29 is 4.79 Å². The van der Waals surface area contributed by atoms with Gasteiger partial charge in [-0.3, -0.25) is 9.59 Å². The number of carbonyl (C=O) groups is 1. The Bertz CT molecular complexity index is 1330. The van der Waals surface area contributed by atoms with Gasteiger partial charge in [0, 0.05) is 29.2 Å². The molecule has 0 unspecified atom stereocenters. The van der Waals surface area contributed by atoms with Gasteiger partial charge in [-0.05, 0) is 73.8 Å². The van der Waals surface area contributed by atoms with E-state index in [2.05, 4.69) is 20.5 Å². The van der Waals surface area contributed by atoms with Crippen molar-refractivity contribution >= 4 is 39.8 Å².